The van der Waals surface area contributed by atoms with Crippen molar-refractivity contribution >= 4 is 34.0 Å². The first-order chi connectivity index (χ1) is 8.23. The lowest BCUT2D eigenvalue weighted by atomic mass is 10.1. The molecule has 1 aromatic rings. The summed E-state index contributed by atoms with van der Waals surface area (Å²) < 4.78 is 0. The van der Waals surface area contributed by atoms with Crippen LogP contribution in [0.4, 0.5) is 5.69 Å². The molecule has 1 N–H and O–H groups in total. The Morgan fingerprint density at radius 1 is 1.39 bits per heavy atom. The molecule has 1 heterocycles. The summed E-state index contributed by atoms with van der Waals surface area (Å²) >= 11 is 3.53. The standard InChI is InChI=1S/C14H24N2S2/c1-9(2)12-11(8-10(3)18-12)15-13(17-7)16-14(4,5)6/h8-9H,1-7H3,(H,15,16). The molecule has 0 saturated heterocycles. The average Bonchev–Trinajstić information content (AvgIpc) is 2.56. The summed E-state index contributed by atoms with van der Waals surface area (Å²) in [7, 11) is 0. The minimum atomic E-state index is -0.0472. The fourth-order valence-corrected chi connectivity index (χ4v) is 3.16. The molecule has 1 rings (SSSR count). The van der Waals surface area contributed by atoms with Crippen molar-refractivity contribution in [1.82, 2.24) is 0 Å². The normalized spacial score (nSPS) is 13.2. The number of aliphatic imine (C=N–C) groups is 1. The van der Waals surface area contributed by atoms with Gasteiger partial charge in [-0.25, -0.2) is 0 Å². The Bertz CT molecular complexity index is 425. The van der Waals surface area contributed by atoms with Gasteiger partial charge in [-0.3, -0.25) is 4.99 Å². The molecule has 18 heavy (non-hydrogen) atoms. The van der Waals surface area contributed by atoms with Crippen molar-refractivity contribution in [3.05, 3.63) is 15.8 Å². The van der Waals surface area contributed by atoms with Crippen LogP contribution in [0.2, 0.25) is 0 Å². The largest absolute Gasteiger partial charge is 0.334 e. The molecule has 0 bridgehead atoms. The molecule has 4 heteroatoms. The molecule has 0 amide bonds. The van der Waals surface area contributed by atoms with Crippen LogP contribution in [0.1, 0.15) is 50.3 Å². The number of aryl methyl sites for hydroxylation is 1. The molecule has 2 nitrogen and oxygen atoms in total. The number of nitrogens with zero attached hydrogens (tertiary/aromatic N) is 1. The zero-order valence-electron chi connectivity index (χ0n) is 12.4. The lowest BCUT2D eigenvalue weighted by Crippen LogP contribution is -2.17. The fraction of sp³-hybridized carbons (Fsp3) is 0.643. The van der Waals surface area contributed by atoms with E-state index in [1.165, 1.54) is 15.4 Å². The molecule has 1 aromatic heterocycles. The van der Waals surface area contributed by atoms with E-state index in [-0.39, 0.29) is 5.54 Å². The van der Waals surface area contributed by atoms with Crippen molar-refractivity contribution in [1.29, 1.82) is 0 Å². The van der Waals surface area contributed by atoms with Gasteiger partial charge in [0.05, 0.1) is 11.2 Å². The first kappa shape index (κ1) is 15.6. The highest BCUT2D eigenvalue weighted by atomic mass is 32.2. The number of hydrogen-bond acceptors (Lipinski definition) is 3. The number of nitrogens with one attached hydrogen (secondary N) is 1. The third-order valence-corrected chi connectivity index (χ3v) is 4.21. The smallest absolute Gasteiger partial charge is 0.161 e. The van der Waals surface area contributed by atoms with Crippen LogP contribution in [0, 0.1) is 6.92 Å². The van der Waals surface area contributed by atoms with Gasteiger partial charge in [-0.1, -0.05) is 25.6 Å². The quantitative estimate of drug-likeness (QED) is 0.603. The van der Waals surface area contributed by atoms with Crippen LogP contribution in [-0.2, 0) is 0 Å². The van der Waals surface area contributed by atoms with E-state index in [1.807, 2.05) is 11.3 Å². The minimum absolute atomic E-state index is 0.0472. The van der Waals surface area contributed by atoms with E-state index >= 15 is 0 Å². The molecule has 0 unspecified atom stereocenters. The van der Waals surface area contributed by atoms with Crippen LogP contribution in [0.5, 0.6) is 0 Å². The number of hydrogen-bond donors (Lipinski definition) is 1. The van der Waals surface area contributed by atoms with Gasteiger partial charge in [0.25, 0.3) is 0 Å². The monoisotopic (exact) mass is 284 g/mol. The van der Waals surface area contributed by atoms with Crippen LogP contribution in [0.3, 0.4) is 0 Å². The van der Waals surface area contributed by atoms with E-state index in [0.717, 1.165) is 5.17 Å². The van der Waals surface area contributed by atoms with E-state index < -0.39 is 0 Å². The molecule has 0 aliphatic heterocycles. The molecule has 0 radical (unpaired) electrons. The Morgan fingerprint density at radius 2 is 2.00 bits per heavy atom. The van der Waals surface area contributed by atoms with Crippen molar-refractivity contribution in [3.63, 3.8) is 0 Å². The second-order valence-electron chi connectivity index (χ2n) is 5.71. The summed E-state index contributed by atoms with van der Waals surface area (Å²) in [5.74, 6) is 0.545. The van der Waals surface area contributed by atoms with Gasteiger partial charge in [-0.15, -0.1) is 11.3 Å². The second kappa shape index (κ2) is 6.11. The molecule has 0 aromatic carbocycles. The van der Waals surface area contributed by atoms with Gasteiger partial charge in [-0.05, 0) is 45.9 Å². The minimum Gasteiger partial charge on any atom is -0.334 e. The van der Waals surface area contributed by atoms with Gasteiger partial charge in [-0.2, -0.15) is 0 Å². The van der Waals surface area contributed by atoms with Crippen LogP contribution in [-0.4, -0.2) is 17.0 Å². The van der Waals surface area contributed by atoms with Gasteiger partial charge in [0, 0.05) is 9.75 Å². The predicted molar refractivity (Wildman–Crippen MR) is 87.5 cm³/mol. The van der Waals surface area contributed by atoms with E-state index in [2.05, 4.69) is 59.2 Å². The Labute approximate surface area is 119 Å². The van der Waals surface area contributed by atoms with Gasteiger partial charge < -0.3 is 5.32 Å². The highest BCUT2D eigenvalue weighted by Crippen LogP contribution is 2.33. The van der Waals surface area contributed by atoms with E-state index in [9.17, 15) is 0 Å². The van der Waals surface area contributed by atoms with Crippen molar-refractivity contribution in [3.8, 4) is 0 Å². The summed E-state index contributed by atoms with van der Waals surface area (Å²) in [5.41, 5.74) is 1.17. The Morgan fingerprint density at radius 3 is 2.44 bits per heavy atom. The summed E-state index contributed by atoms with van der Waals surface area (Å²) in [6.45, 7) is 13.0. The first-order valence-corrected chi connectivity index (χ1v) is 8.28. The molecule has 0 saturated carbocycles. The van der Waals surface area contributed by atoms with Gasteiger partial charge >= 0.3 is 0 Å². The topological polar surface area (TPSA) is 24.4 Å². The molecule has 0 fully saturated rings. The van der Waals surface area contributed by atoms with Crippen LogP contribution < -0.4 is 5.32 Å². The zero-order valence-corrected chi connectivity index (χ0v) is 14.1. The maximum atomic E-state index is 4.71. The lowest BCUT2D eigenvalue weighted by Gasteiger charge is -2.16. The molecule has 0 aliphatic rings. The first-order valence-electron chi connectivity index (χ1n) is 6.24. The lowest BCUT2D eigenvalue weighted by molar-refractivity contribution is 0.585. The molecule has 0 spiro atoms. The maximum Gasteiger partial charge on any atom is 0.161 e. The Kier molecular flexibility index (Phi) is 5.29. The molecule has 0 aliphatic carbocycles. The van der Waals surface area contributed by atoms with Gasteiger partial charge in [0.2, 0.25) is 0 Å². The predicted octanol–water partition coefficient (Wildman–Crippen LogP) is 5.11. The molecule has 0 atom stereocenters. The number of anilines is 1. The number of rotatable bonds is 2. The Hall–Kier alpha value is -0.480. The number of amidine groups is 1. The van der Waals surface area contributed by atoms with Crippen molar-refractivity contribution in [2.45, 2.75) is 53.0 Å². The van der Waals surface area contributed by atoms with Crippen molar-refractivity contribution < 1.29 is 0 Å². The van der Waals surface area contributed by atoms with Crippen molar-refractivity contribution in [2.75, 3.05) is 11.6 Å². The zero-order chi connectivity index (χ0) is 13.9. The molecular weight excluding hydrogens is 260 g/mol. The fourth-order valence-electron chi connectivity index (χ4n) is 1.60. The van der Waals surface area contributed by atoms with E-state index in [4.69, 9.17) is 4.99 Å². The third-order valence-electron chi connectivity index (χ3n) is 2.28. The summed E-state index contributed by atoms with van der Waals surface area (Å²) in [6.07, 6.45) is 2.06. The van der Waals surface area contributed by atoms with E-state index in [0.29, 0.717) is 5.92 Å². The van der Waals surface area contributed by atoms with Gasteiger partial charge in [0.1, 0.15) is 0 Å². The maximum absolute atomic E-state index is 4.71. The second-order valence-corrected chi connectivity index (χ2v) is 7.79. The number of thioether (sulfide) groups is 1. The Balaban J connectivity index is 2.99. The van der Waals surface area contributed by atoms with Gasteiger partial charge in [0.15, 0.2) is 5.17 Å². The molecular formula is C14H24N2S2. The summed E-state index contributed by atoms with van der Waals surface area (Å²) in [4.78, 5) is 7.46. The average molecular weight is 284 g/mol. The number of thiophene rings is 1. The van der Waals surface area contributed by atoms with Crippen LogP contribution >= 0.6 is 23.1 Å². The summed E-state index contributed by atoms with van der Waals surface area (Å²) in [6, 6.07) is 2.22. The SMILES string of the molecule is CSC(=NC(C)(C)C)Nc1cc(C)sc1C(C)C. The van der Waals surface area contributed by atoms with Crippen LogP contribution in [0.15, 0.2) is 11.1 Å². The molecule has 102 valence electrons. The van der Waals surface area contributed by atoms with Crippen LogP contribution in [0.25, 0.3) is 0 Å². The summed E-state index contributed by atoms with van der Waals surface area (Å²) in [5, 5.41) is 4.47. The third kappa shape index (κ3) is 4.65. The highest BCUT2D eigenvalue weighted by Gasteiger charge is 2.14. The van der Waals surface area contributed by atoms with Crippen molar-refractivity contribution in [2.24, 2.45) is 4.99 Å². The van der Waals surface area contributed by atoms with E-state index in [1.54, 1.807) is 11.8 Å². The highest BCUT2D eigenvalue weighted by molar-refractivity contribution is 8.13.